The molecule has 0 aliphatic carbocycles. The lowest BCUT2D eigenvalue weighted by molar-refractivity contribution is -0.131. The van der Waals surface area contributed by atoms with E-state index in [1.54, 1.807) is 37.3 Å². The standard InChI is InChI=1S/C25H26N4O3/c1-18(30)28-15-16-29(23(17-28)19-7-4-3-5-8-19)25(31)22-9-6-14-26-24(22)27-20-10-12-21(32-2)13-11-20/h3-14,23H,15-17H2,1-2H3,(H,26,27). The Hall–Kier alpha value is -3.87. The molecule has 0 radical (unpaired) electrons. The third-order valence-electron chi connectivity index (χ3n) is 5.66. The van der Waals surface area contributed by atoms with E-state index in [0.717, 1.165) is 17.0 Å². The number of pyridine rings is 1. The van der Waals surface area contributed by atoms with Gasteiger partial charge in [0.05, 0.1) is 18.7 Å². The van der Waals surface area contributed by atoms with Gasteiger partial charge in [-0.15, -0.1) is 0 Å². The van der Waals surface area contributed by atoms with Gasteiger partial charge in [-0.25, -0.2) is 4.98 Å². The normalized spacial score (nSPS) is 15.9. The summed E-state index contributed by atoms with van der Waals surface area (Å²) in [5.74, 6) is 1.14. The number of amides is 2. The molecule has 0 spiro atoms. The molecule has 2 aromatic carbocycles. The van der Waals surface area contributed by atoms with Crippen LogP contribution in [0.4, 0.5) is 11.5 Å². The Bertz CT molecular complexity index is 1090. The van der Waals surface area contributed by atoms with Crippen LogP contribution >= 0.6 is 0 Å². The Balaban J connectivity index is 1.63. The Labute approximate surface area is 187 Å². The molecule has 1 aliphatic heterocycles. The first kappa shape index (κ1) is 21.4. The van der Waals surface area contributed by atoms with Gasteiger partial charge in [0.25, 0.3) is 5.91 Å². The molecule has 1 aliphatic rings. The molecule has 2 heterocycles. The average Bonchev–Trinajstić information content (AvgIpc) is 2.84. The van der Waals surface area contributed by atoms with Gasteiger partial charge in [-0.05, 0) is 42.0 Å². The van der Waals surface area contributed by atoms with Crippen LogP contribution in [0.5, 0.6) is 5.75 Å². The minimum atomic E-state index is -0.226. The maximum atomic E-state index is 13.7. The van der Waals surface area contributed by atoms with Crippen LogP contribution < -0.4 is 10.1 Å². The monoisotopic (exact) mass is 430 g/mol. The van der Waals surface area contributed by atoms with Gasteiger partial charge in [0.15, 0.2) is 0 Å². The number of carbonyl (C=O) groups is 2. The van der Waals surface area contributed by atoms with E-state index in [4.69, 9.17) is 4.74 Å². The van der Waals surface area contributed by atoms with Crippen molar-refractivity contribution in [3.8, 4) is 5.75 Å². The molecule has 0 saturated carbocycles. The fourth-order valence-electron chi connectivity index (χ4n) is 3.92. The molecule has 1 N–H and O–H groups in total. The number of aromatic nitrogens is 1. The van der Waals surface area contributed by atoms with Crippen molar-refractivity contribution in [1.82, 2.24) is 14.8 Å². The SMILES string of the molecule is COc1ccc(Nc2ncccc2C(=O)N2CCN(C(C)=O)CC2c2ccccc2)cc1. The second kappa shape index (κ2) is 9.51. The van der Waals surface area contributed by atoms with Gasteiger partial charge in [0.1, 0.15) is 11.6 Å². The molecule has 4 rings (SSSR count). The first-order valence-corrected chi connectivity index (χ1v) is 10.5. The molecular formula is C25H26N4O3. The number of nitrogens with one attached hydrogen (secondary N) is 1. The van der Waals surface area contributed by atoms with E-state index in [1.807, 2.05) is 59.5 Å². The van der Waals surface area contributed by atoms with Crippen LogP contribution in [0.15, 0.2) is 72.9 Å². The maximum Gasteiger partial charge on any atom is 0.258 e. The van der Waals surface area contributed by atoms with Crippen LogP contribution in [0.1, 0.15) is 28.9 Å². The summed E-state index contributed by atoms with van der Waals surface area (Å²) < 4.78 is 5.21. The van der Waals surface area contributed by atoms with Crippen LogP contribution in [-0.4, -0.2) is 53.3 Å². The molecule has 1 aromatic heterocycles. The van der Waals surface area contributed by atoms with Crippen molar-refractivity contribution in [2.45, 2.75) is 13.0 Å². The van der Waals surface area contributed by atoms with Gasteiger partial charge in [0.2, 0.25) is 5.91 Å². The van der Waals surface area contributed by atoms with E-state index in [-0.39, 0.29) is 17.9 Å². The third kappa shape index (κ3) is 4.56. The van der Waals surface area contributed by atoms with Crippen molar-refractivity contribution in [2.24, 2.45) is 0 Å². The van der Waals surface area contributed by atoms with Crippen LogP contribution in [0.2, 0.25) is 0 Å². The molecule has 2 amide bonds. The summed E-state index contributed by atoms with van der Waals surface area (Å²) in [6.45, 7) is 2.99. The van der Waals surface area contributed by atoms with Gasteiger partial charge < -0.3 is 19.9 Å². The lowest BCUT2D eigenvalue weighted by Crippen LogP contribution is -2.52. The van der Waals surface area contributed by atoms with Crippen molar-refractivity contribution in [1.29, 1.82) is 0 Å². The van der Waals surface area contributed by atoms with E-state index < -0.39 is 0 Å². The van der Waals surface area contributed by atoms with Gasteiger partial charge in [0, 0.05) is 38.4 Å². The van der Waals surface area contributed by atoms with E-state index in [9.17, 15) is 9.59 Å². The quantitative estimate of drug-likeness (QED) is 0.665. The molecule has 1 fully saturated rings. The van der Waals surface area contributed by atoms with Crippen molar-refractivity contribution in [3.05, 3.63) is 84.1 Å². The predicted molar refractivity (Wildman–Crippen MR) is 123 cm³/mol. The molecule has 1 saturated heterocycles. The highest BCUT2D eigenvalue weighted by Gasteiger charge is 2.34. The highest BCUT2D eigenvalue weighted by Crippen LogP contribution is 2.29. The number of hydrogen-bond donors (Lipinski definition) is 1. The summed E-state index contributed by atoms with van der Waals surface area (Å²) in [5.41, 5.74) is 2.29. The third-order valence-corrected chi connectivity index (χ3v) is 5.66. The Morgan fingerprint density at radius 3 is 2.44 bits per heavy atom. The van der Waals surface area contributed by atoms with Gasteiger partial charge in [-0.1, -0.05) is 30.3 Å². The summed E-state index contributed by atoms with van der Waals surface area (Å²) in [5, 5.41) is 3.25. The lowest BCUT2D eigenvalue weighted by Gasteiger charge is -2.41. The summed E-state index contributed by atoms with van der Waals surface area (Å²) >= 11 is 0. The second-order valence-corrected chi connectivity index (χ2v) is 7.64. The largest absolute Gasteiger partial charge is 0.497 e. The smallest absolute Gasteiger partial charge is 0.258 e. The predicted octanol–water partition coefficient (Wildman–Crippen LogP) is 3.88. The molecule has 164 valence electrons. The number of benzene rings is 2. The highest BCUT2D eigenvalue weighted by molar-refractivity contribution is 5.99. The molecular weight excluding hydrogens is 404 g/mol. The summed E-state index contributed by atoms with van der Waals surface area (Å²) in [4.78, 5) is 33.8. The molecule has 1 atom stereocenters. The number of rotatable bonds is 5. The summed E-state index contributed by atoms with van der Waals surface area (Å²) in [6.07, 6.45) is 1.66. The van der Waals surface area contributed by atoms with Gasteiger partial charge in [-0.3, -0.25) is 9.59 Å². The fraction of sp³-hybridized carbons (Fsp3) is 0.240. The number of piperazine rings is 1. The molecule has 0 bridgehead atoms. The van der Waals surface area contributed by atoms with E-state index in [1.165, 1.54) is 0 Å². The Kier molecular flexibility index (Phi) is 6.35. The number of hydrogen-bond acceptors (Lipinski definition) is 5. The fourth-order valence-corrected chi connectivity index (χ4v) is 3.92. The van der Waals surface area contributed by atoms with Crippen LogP contribution in [0.3, 0.4) is 0 Å². The first-order valence-electron chi connectivity index (χ1n) is 10.5. The minimum Gasteiger partial charge on any atom is -0.497 e. The molecule has 1 unspecified atom stereocenters. The van der Waals surface area contributed by atoms with Gasteiger partial charge in [-0.2, -0.15) is 0 Å². The number of anilines is 2. The van der Waals surface area contributed by atoms with Crippen molar-refractivity contribution in [2.75, 3.05) is 32.1 Å². The zero-order valence-electron chi connectivity index (χ0n) is 18.2. The lowest BCUT2D eigenvalue weighted by atomic mass is 10.0. The second-order valence-electron chi connectivity index (χ2n) is 7.64. The molecule has 7 heteroatoms. The average molecular weight is 431 g/mol. The highest BCUT2D eigenvalue weighted by atomic mass is 16.5. The van der Waals surface area contributed by atoms with Crippen LogP contribution in [0, 0.1) is 0 Å². The van der Waals surface area contributed by atoms with E-state index in [0.29, 0.717) is 31.0 Å². The maximum absolute atomic E-state index is 13.7. The summed E-state index contributed by atoms with van der Waals surface area (Å²) in [7, 11) is 1.62. The summed E-state index contributed by atoms with van der Waals surface area (Å²) in [6, 6.07) is 20.6. The zero-order valence-corrected chi connectivity index (χ0v) is 18.2. The minimum absolute atomic E-state index is 0.0151. The van der Waals surface area contributed by atoms with Crippen molar-refractivity contribution in [3.63, 3.8) is 0 Å². The van der Waals surface area contributed by atoms with Gasteiger partial charge >= 0.3 is 0 Å². The molecule has 7 nitrogen and oxygen atoms in total. The van der Waals surface area contributed by atoms with Crippen LogP contribution in [0.25, 0.3) is 0 Å². The Morgan fingerprint density at radius 1 is 1.00 bits per heavy atom. The number of carbonyl (C=O) groups excluding carboxylic acids is 2. The molecule has 32 heavy (non-hydrogen) atoms. The number of methoxy groups -OCH3 is 1. The topological polar surface area (TPSA) is 74.8 Å². The zero-order chi connectivity index (χ0) is 22.5. The number of ether oxygens (including phenoxy) is 1. The van der Waals surface area contributed by atoms with E-state index >= 15 is 0 Å². The van der Waals surface area contributed by atoms with E-state index in [2.05, 4.69) is 10.3 Å². The van der Waals surface area contributed by atoms with Crippen LogP contribution in [-0.2, 0) is 4.79 Å². The molecule has 3 aromatic rings. The Morgan fingerprint density at radius 2 is 1.75 bits per heavy atom. The first-order chi connectivity index (χ1) is 15.6. The van der Waals surface area contributed by atoms with Crippen molar-refractivity contribution >= 4 is 23.3 Å². The number of nitrogens with zero attached hydrogens (tertiary/aromatic N) is 3. The van der Waals surface area contributed by atoms with Crippen molar-refractivity contribution < 1.29 is 14.3 Å².